The number of aliphatic hydroxyl groups is 1. The Morgan fingerprint density at radius 3 is 2.13 bits per heavy atom. The van der Waals surface area contributed by atoms with E-state index in [2.05, 4.69) is 13.8 Å². The Kier molecular flexibility index (Phi) is 4.91. The van der Waals surface area contributed by atoms with Crippen LogP contribution in [0.2, 0.25) is 10.0 Å². The molecule has 0 radical (unpaired) electrons. The molecule has 0 saturated heterocycles. The summed E-state index contributed by atoms with van der Waals surface area (Å²) in [5.41, 5.74) is 0.654. The van der Waals surface area contributed by atoms with Gasteiger partial charge in [-0.1, -0.05) is 43.1 Å². The summed E-state index contributed by atoms with van der Waals surface area (Å²) < 4.78 is 0. The van der Waals surface area contributed by atoms with E-state index in [4.69, 9.17) is 23.2 Å². The van der Waals surface area contributed by atoms with Crippen molar-refractivity contribution in [1.82, 2.24) is 0 Å². The minimum Gasteiger partial charge on any atom is -0.388 e. The maximum absolute atomic E-state index is 9.96. The highest BCUT2D eigenvalue weighted by Crippen LogP contribution is 2.32. The van der Waals surface area contributed by atoms with E-state index in [0.29, 0.717) is 27.9 Å². The molecule has 1 unspecified atom stereocenters. The van der Waals surface area contributed by atoms with Gasteiger partial charge in [-0.25, -0.2) is 0 Å². The summed E-state index contributed by atoms with van der Waals surface area (Å²) in [5.74, 6) is 0.570. The molecule has 15 heavy (non-hydrogen) atoms. The van der Waals surface area contributed by atoms with Gasteiger partial charge in [0.05, 0.1) is 6.10 Å². The molecule has 0 heterocycles. The number of aliphatic hydroxyl groups excluding tert-OH is 1. The van der Waals surface area contributed by atoms with Gasteiger partial charge < -0.3 is 5.11 Å². The summed E-state index contributed by atoms with van der Waals surface area (Å²) in [6.07, 6.45) is 1.10. The highest BCUT2D eigenvalue weighted by molar-refractivity contribution is 6.36. The zero-order valence-corrected chi connectivity index (χ0v) is 10.5. The summed E-state index contributed by atoms with van der Waals surface area (Å²) in [5, 5.41) is 11.0. The van der Waals surface area contributed by atoms with Gasteiger partial charge in [0.1, 0.15) is 0 Å². The SMILES string of the molecule is CC(C)CCC(O)c1c(Cl)cccc1Cl. The first-order chi connectivity index (χ1) is 7.02. The Bertz CT molecular complexity index is 303. The van der Waals surface area contributed by atoms with E-state index < -0.39 is 6.10 Å². The third-order valence-corrected chi connectivity index (χ3v) is 3.01. The summed E-state index contributed by atoms with van der Waals surface area (Å²) in [6, 6.07) is 5.28. The van der Waals surface area contributed by atoms with Crippen LogP contribution in [0.15, 0.2) is 18.2 Å². The first-order valence-electron chi connectivity index (χ1n) is 5.14. The van der Waals surface area contributed by atoms with Gasteiger partial charge in [0.2, 0.25) is 0 Å². The largest absolute Gasteiger partial charge is 0.388 e. The van der Waals surface area contributed by atoms with Crippen molar-refractivity contribution in [3.8, 4) is 0 Å². The van der Waals surface area contributed by atoms with E-state index >= 15 is 0 Å². The zero-order valence-electron chi connectivity index (χ0n) is 9.00. The predicted molar refractivity (Wildman–Crippen MR) is 65.5 cm³/mol. The number of hydrogen-bond acceptors (Lipinski definition) is 1. The normalized spacial score (nSPS) is 13.2. The van der Waals surface area contributed by atoms with Crippen LogP contribution >= 0.6 is 23.2 Å². The molecule has 0 fully saturated rings. The molecule has 0 amide bonds. The quantitative estimate of drug-likeness (QED) is 0.832. The highest BCUT2D eigenvalue weighted by atomic mass is 35.5. The molecule has 1 aromatic rings. The molecule has 0 aliphatic heterocycles. The van der Waals surface area contributed by atoms with Crippen molar-refractivity contribution >= 4 is 23.2 Å². The van der Waals surface area contributed by atoms with E-state index in [1.54, 1.807) is 18.2 Å². The number of benzene rings is 1. The fourth-order valence-corrected chi connectivity index (χ4v) is 2.11. The predicted octanol–water partition coefficient (Wildman–Crippen LogP) is 4.46. The lowest BCUT2D eigenvalue weighted by Crippen LogP contribution is -2.01. The van der Waals surface area contributed by atoms with Crippen molar-refractivity contribution in [2.75, 3.05) is 0 Å². The van der Waals surface area contributed by atoms with E-state index in [0.717, 1.165) is 6.42 Å². The molecule has 0 bridgehead atoms. The van der Waals surface area contributed by atoms with Gasteiger partial charge >= 0.3 is 0 Å². The Morgan fingerprint density at radius 2 is 1.67 bits per heavy atom. The van der Waals surface area contributed by atoms with Crippen LogP contribution in [-0.4, -0.2) is 5.11 Å². The van der Waals surface area contributed by atoms with Crippen molar-refractivity contribution in [2.45, 2.75) is 32.8 Å². The molecule has 0 aromatic heterocycles. The van der Waals surface area contributed by atoms with Crippen LogP contribution < -0.4 is 0 Å². The molecule has 3 heteroatoms. The summed E-state index contributed by atoms with van der Waals surface area (Å²) in [6.45, 7) is 4.25. The van der Waals surface area contributed by atoms with Crippen molar-refractivity contribution in [1.29, 1.82) is 0 Å². The number of rotatable bonds is 4. The Hall–Kier alpha value is -0.240. The molecule has 1 nitrogen and oxygen atoms in total. The van der Waals surface area contributed by atoms with Crippen molar-refractivity contribution < 1.29 is 5.11 Å². The van der Waals surface area contributed by atoms with Crippen LogP contribution in [-0.2, 0) is 0 Å². The van der Waals surface area contributed by atoms with Crippen molar-refractivity contribution in [3.05, 3.63) is 33.8 Å². The maximum atomic E-state index is 9.96. The third kappa shape index (κ3) is 3.67. The average Bonchev–Trinajstić information content (AvgIpc) is 2.14. The number of halogens is 2. The van der Waals surface area contributed by atoms with Crippen LogP contribution in [0.5, 0.6) is 0 Å². The Morgan fingerprint density at radius 1 is 1.13 bits per heavy atom. The summed E-state index contributed by atoms with van der Waals surface area (Å²) >= 11 is 12.0. The summed E-state index contributed by atoms with van der Waals surface area (Å²) in [7, 11) is 0. The molecule has 0 aliphatic rings. The van der Waals surface area contributed by atoms with Gasteiger partial charge in [-0.3, -0.25) is 0 Å². The number of hydrogen-bond donors (Lipinski definition) is 1. The lowest BCUT2D eigenvalue weighted by molar-refractivity contribution is 0.159. The van der Waals surface area contributed by atoms with Crippen molar-refractivity contribution in [3.63, 3.8) is 0 Å². The topological polar surface area (TPSA) is 20.2 Å². The Labute approximate surface area is 101 Å². The Balaban J connectivity index is 2.77. The molecule has 1 rings (SSSR count). The van der Waals surface area contributed by atoms with Crippen LogP contribution in [0, 0.1) is 5.92 Å². The molecule has 0 aliphatic carbocycles. The minimum atomic E-state index is -0.561. The molecule has 84 valence electrons. The van der Waals surface area contributed by atoms with Gasteiger partial charge in [0.25, 0.3) is 0 Å². The average molecular weight is 247 g/mol. The second-order valence-corrected chi connectivity index (χ2v) is 4.94. The standard InChI is InChI=1S/C12H16Cl2O/c1-8(2)6-7-11(15)12-9(13)4-3-5-10(12)14/h3-5,8,11,15H,6-7H2,1-2H3. The molecule has 1 atom stereocenters. The third-order valence-electron chi connectivity index (χ3n) is 2.35. The van der Waals surface area contributed by atoms with E-state index in [-0.39, 0.29) is 0 Å². The van der Waals surface area contributed by atoms with Crippen LogP contribution in [0.3, 0.4) is 0 Å². The van der Waals surface area contributed by atoms with Gasteiger partial charge in [-0.05, 0) is 30.9 Å². The van der Waals surface area contributed by atoms with Gasteiger partial charge in [-0.2, -0.15) is 0 Å². The highest BCUT2D eigenvalue weighted by Gasteiger charge is 2.15. The second-order valence-electron chi connectivity index (χ2n) is 4.12. The van der Waals surface area contributed by atoms with E-state index in [1.807, 2.05) is 0 Å². The fraction of sp³-hybridized carbons (Fsp3) is 0.500. The summed E-state index contributed by atoms with van der Waals surface area (Å²) in [4.78, 5) is 0. The van der Waals surface area contributed by atoms with E-state index in [9.17, 15) is 5.11 Å². The lowest BCUT2D eigenvalue weighted by Gasteiger charge is -2.15. The molecule has 1 aromatic carbocycles. The lowest BCUT2D eigenvalue weighted by atomic mass is 10.00. The maximum Gasteiger partial charge on any atom is 0.0819 e. The molecule has 0 spiro atoms. The van der Waals surface area contributed by atoms with Crippen LogP contribution in [0.1, 0.15) is 38.4 Å². The zero-order chi connectivity index (χ0) is 11.4. The van der Waals surface area contributed by atoms with E-state index in [1.165, 1.54) is 0 Å². The van der Waals surface area contributed by atoms with Crippen LogP contribution in [0.4, 0.5) is 0 Å². The van der Waals surface area contributed by atoms with Gasteiger partial charge in [0, 0.05) is 15.6 Å². The monoisotopic (exact) mass is 246 g/mol. The second kappa shape index (κ2) is 5.74. The smallest absolute Gasteiger partial charge is 0.0819 e. The minimum absolute atomic E-state index is 0.541. The van der Waals surface area contributed by atoms with Gasteiger partial charge in [0.15, 0.2) is 0 Å². The van der Waals surface area contributed by atoms with Gasteiger partial charge in [-0.15, -0.1) is 0 Å². The van der Waals surface area contributed by atoms with Crippen LogP contribution in [0.25, 0.3) is 0 Å². The molecular weight excluding hydrogens is 231 g/mol. The fourth-order valence-electron chi connectivity index (χ4n) is 1.46. The molecular formula is C12H16Cl2O. The molecule has 1 N–H and O–H groups in total. The molecule has 0 saturated carbocycles. The first kappa shape index (κ1) is 12.8. The first-order valence-corrected chi connectivity index (χ1v) is 5.90. The van der Waals surface area contributed by atoms with Crippen molar-refractivity contribution in [2.24, 2.45) is 5.92 Å².